The van der Waals surface area contributed by atoms with E-state index in [0.29, 0.717) is 12.4 Å². The molecule has 3 rings (SSSR count). The van der Waals surface area contributed by atoms with Crippen molar-refractivity contribution < 1.29 is 17.9 Å². The lowest BCUT2D eigenvalue weighted by Crippen LogP contribution is -2.25. The van der Waals surface area contributed by atoms with Gasteiger partial charge in [-0.3, -0.25) is 9.78 Å². The molecule has 0 saturated heterocycles. The molecule has 162 valence electrons. The van der Waals surface area contributed by atoms with E-state index in [0.717, 1.165) is 15.4 Å². The van der Waals surface area contributed by atoms with E-state index in [1.165, 1.54) is 32.3 Å². The smallest absolute Gasteiger partial charge is 0.251 e. The number of ether oxygens (including phenoxy) is 1. The van der Waals surface area contributed by atoms with Gasteiger partial charge in [0, 0.05) is 44.2 Å². The number of hydrogen-bond donors (Lipinski definition) is 1. The molecule has 0 atom stereocenters. The van der Waals surface area contributed by atoms with Crippen LogP contribution in [0.25, 0.3) is 0 Å². The Hall–Kier alpha value is -2.94. The third-order valence-electron chi connectivity index (χ3n) is 4.46. The van der Waals surface area contributed by atoms with Crippen LogP contribution in [0.4, 0.5) is 0 Å². The largest absolute Gasteiger partial charge is 0.489 e. The third-order valence-corrected chi connectivity index (χ3v) is 6.75. The van der Waals surface area contributed by atoms with Crippen molar-refractivity contribution in [2.75, 3.05) is 14.1 Å². The monoisotopic (exact) mass is 459 g/mol. The first-order valence-corrected chi connectivity index (χ1v) is 11.2. The lowest BCUT2D eigenvalue weighted by atomic mass is 10.2. The number of sulfonamides is 1. The van der Waals surface area contributed by atoms with Crippen LogP contribution >= 0.6 is 11.6 Å². The maximum atomic E-state index is 12.5. The number of halogens is 1. The van der Waals surface area contributed by atoms with Gasteiger partial charge in [0.25, 0.3) is 5.91 Å². The van der Waals surface area contributed by atoms with Gasteiger partial charge in [0.1, 0.15) is 17.3 Å². The molecule has 0 aliphatic carbocycles. The fourth-order valence-electron chi connectivity index (χ4n) is 2.68. The number of nitrogens with zero attached hydrogens (tertiary/aromatic N) is 2. The molecule has 9 heteroatoms. The van der Waals surface area contributed by atoms with Crippen molar-refractivity contribution in [2.24, 2.45) is 0 Å². The molecule has 0 bridgehead atoms. The molecule has 0 saturated carbocycles. The van der Waals surface area contributed by atoms with Crippen molar-refractivity contribution in [3.8, 4) is 5.75 Å². The second kappa shape index (κ2) is 9.91. The van der Waals surface area contributed by atoms with Crippen LogP contribution in [-0.4, -0.2) is 37.7 Å². The molecule has 0 unspecified atom stereocenters. The molecule has 3 aromatic rings. The van der Waals surface area contributed by atoms with Crippen molar-refractivity contribution in [1.29, 1.82) is 0 Å². The molecule has 0 spiro atoms. The van der Waals surface area contributed by atoms with Crippen molar-refractivity contribution in [2.45, 2.75) is 18.0 Å². The summed E-state index contributed by atoms with van der Waals surface area (Å²) in [5, 5.41) is 2.84. The van der Waals surface area contributed by atoms with Crippen molar-refractivity contribution >= 4 is 27.5 Å². The van der Waals surface area contributed by atoms with E-state index in [4.69, 9.17) is 16.3 Å². The number of nitrogens with one attached hydrogen (secondary N) is 1. The molecule has 7 nitrogen and oxygen atoms in total. The molecule has 0 aliphatic rings. The normalized spacial score (nSPS) is 11.4. The second-order valence-corrected chi connectivity index (χ2v) is 9.44. The Balaban J connectivity index is 1.61. The molecular weight excluding hydrogens is 438 g/mol. The maximum absolute atomic E-state index is 12.5. The Morgan fingerprint density at radius 3 is 2.48 bits per heavy atom. The van der Waals surface area contributed by atoms with Gasteiger partial charge in [-0.15, -0.1) is 0 Å². The number of aromatic nitrogens is 1. The molecule has 1 aromatic heterocycles. The highest BCUT2D eigenvalue weighted by Crippen LogP contribution is 2.25. The number of carbonyl (C=O) groups is 1. The average Bonchev–Trinajstić information content (AvgIpc) is 2.77. The van der Waals surface area contributed by atoms with Crippen LogP contribution in [0.3, 0.4) is 0 Å². The maximum Gasteiger partial charge on any atom is 0.251 e. The fraction of sp³-hybridized carbons (Fsp3) is 0.182. The standard InChI is InChI=1S/C22H22ClN3O4S/c1-26(2)31(28,29)21-12-18(7-10-20(21)23)22(27)25-14-16-5-8-19(9-6-16)30-15-17-4-3-11-24-13-17/h3-13H,14-15H2,1-2H3,(H,25,27). The van der Waals surface area contributed by atoms with Crippen LogP contribution in [0, 0.1) is 0 Å². The first-order valence-electron chi connectivity index (χ1n) is 9.38. The van der Waals surface area contributed by atoms with E-state index < -0.39 is 15.9 Å². The van der Waals surface area contributed by atoms with Crippen LogP contribution in [0.5, 0.6) is 5.75 Å². The zero-order valence-corrected chi connectivity index (χ0v) is 18.7. The van der Waals surface area contributed by atoms with Crippen molar-refractivity contribution in [3.05, 3.63) is 88.7 Å². The van der Waals surface area contributed by atoms with Gasteiger partial charge in [0.2, 0.25) is 10.0 Å². The SMILES string of the molecule is CN(C)S(=O)(=O)c1cc(C(=O)NCc2ccc(OCc3cccnc3)cc2)ccc1Cl. The van der Waals surface area contributed by atoms with Crippen molar-refractivity contribution in [3.63, 3.8) is 0 Å². The molecule has 0 radical (unpaired) electrons. The molecule has 1 amide bonds. The minimum Gasteiger partial charge on any atom is -0.489 e. The second-order valence-electron chi connectivity index (χ2n) is 6.91. The number of amides is 1. The van der Waals surface area contributed by atoms with Gasteiger partial charge in [-0.2, -0.15) is 0 Å². The molecule has 2 aromatic carbocycles. The highest BCUT2D eigenvalue weighted by molar-refractivity contribution is 7.89. The van der Waals surface area contributed by atoms with Gasteiger partial charge in [-0.1, -0.05) is 29.8 Å². The summed E-state index contributed by atoms with van der Waals surface area (Å²) >= 11 is 6.03. The highest BCUT2D eigenvalue weighted by atomic mass is 35.5. The molecule has 0 aliphatic heterocycles. The van der Waals surface area contributed by atoms with E-state index in [-0.39, 0.29) is 22.0 Å². The van der Waals surface area contributed by atoms with Crippen LogP contribution in [0.15, 0.2) is 71.9 Å². The summed E-state index contributed by atoms with van der Waals surface area (Å²) in [6.45, 7) is 0.693. The summed E-state index contributed by atoms with van der Waals surface area (Å²) in [4.78, 5) is 16.4. The van der Waals surface area contributed by atoms with Gasteiger partial charge in [-0.05, 0) is 42.0 Å². The number of carbonyl (C=O) groups excluding carboxylic acids is 1. The lowest BCUT2D eigenvalue weighted by Gasteiger charge is -2.14. The predicted molar refractivity (Wildman–Crippen MR) is 119 cm³/mol. The van der Waals surface area contributed by atoms with Crippen LogP contribution < -0.4 is 10.1 Å². The van der Waals surface area contributed by atoms with Gasteiger partial charge < -0.3 is 10.1 Å². The fourth-order valence-corrected chi connectivity index (χ4v) is 4.07. The average molecular weight is 460 g/mol. The predicted octanol–water partition coefficient (Wildman–Crippen LogP) is 3.49. The summed E-state index contributed by atoms with van der Waals surface area (Å²) in [5.74, 6) is 0.305. The third kappa shape index (κ3) is 5.81. The first kappa shape index (κ1) is 22.7. The van der Waals surface area contributed by atoms with E-state index >= 15 is 0 Å². The van der Waals surface area contributed by atoms with Crippen LogP contribution in [-0.2, 0) is 23.2 Å². The number of benzene rings is 2. The zero-order valence-electron chi connectivity index (χ0n) is 17.1. The topological polar surface area (TPSA) is 88.6 Å². The molecule has 1 heterocycles. The molecule has 0 fully saturated rings. The van der Waals surface area contributed by atoms with Crippen LogP contribution in [0.1, 0.15) is 21.5 Å². The number of hydrogen-bond acceptors (Lipinski definition) is 5. The van der Waals surface area contributed by atoms with E-state index in [2.05, 4.69) is 10.3 Å². The quantitative estimate of drug-likeness (QED) is 0.557. The van der Waals surface area contributed by atoms with Gasteiger partial charge in [-0.25, -0.2) is 12.7 Å². The summed E-state index contributed by atoms with van der Waals surface area (Å²) in [6, 6.07) is 15.3. The number of rotatable bonds is 8. The lowest BCUT2D eigenvalue weighted by molar-refractivity contribution is 0.0950. The van der Waals surface area contributed by atoms with E-state index in [1.54, 1.807) is 12.4 Å². The molecular formula is C22H22ClN3O4S. The van der Waals surface area contributed by atoms with E-state index in [1.807, 2.05) is 36.4 Å². The zero-order chi connectivity index (χ0) is 22.4. The Bertz CT molecular complexity index is 1150. The van der Waals surface area contributed by atoms with E-state index in [9.17, 15) is 13.2 Å². The minimum atomic E-state index is -3.76. The Labute approximate surface area is 186 Å². The Morgan fingerprint density at radius 1 is 1.10 bits per heavy atom. The molecule has 1 N–H and O–H groups in total. The summed E-state index contributed by atoms with van der Waals surface area (Å²) < 4.78 is 31.5. The first-order chi connectivity index (χ1) is 14.8. The Morgan fingerprint density at radius 2 is 1.84 bits per heavy atom. The van der Waals surface area contributed by atoms with Crippen LogP contribution in [0.2, 0.25) is 5.02 Å². The highest BCUT2D eigenvalue weighted by Gasteiger charge is 2.22. The number of pyridine rings is 1. The van der Waals surface area contributed by atoms with Gasteiger partial charge in [0.15, 0.2) is 0 Å². The van der Waals surface area contributed by atoms with Gasteiger partial charge in [0.05, 0.1) is 5.02 Å². The van der Waals surface area contributed by atoms with Crippen molar-refractivity contribution in [1.82, 2.24) is 14.6 Å². The summed E-state index contributed by atoms with van der Waals surface area (Å²) in [5.41, 5.74) is 2.05. The Kier molecular flexibility index (Phi) is 7.27. The minimum absolute atomic E-state index is 0.0622. The molecule has 31 heavy (non-hydrogen) atoms. The summed E-state index contributed by atoms with van der Waals surface area (Å²) in [7, 11) is -0.947. The van der Waals surface area contributed by atoms with Gasteiger partial charge >= 0.3 is 0 Å². The summed E-state index contributed by atoms with van der Waals surface area (Å²) in [6.07, 6.45) is 3.45.